The van der Waals surface area contributed by atoms with Crippen molar-refractivity contribution in [3.8, 4) is 5.75 Å². The fourth-order valence-corrected chi connectivity index (χ4v) is 3.43. The summed E-state index contributed by atoms with van der Waals surface area (Å²) in [7, 11) is -1.80. The molecule has 2 amide bonds. The number of rotatable bonds is 9. The number of amides is 2. The van der Waals surface area contributed by atoms with Crippen LogP contribution >= 0.6 is 0 Å². The number of urea groups is 1. The van der Waals surface area contributed by atoms with Crippen LogP contribution in [0.25, 0.3) is 0 Å². The van der Waals surface area contributed by atoms with Gasteiger partial charge in [0.05, 0.1) is 13.4 Å². The Balaban J connectivity index is 1.86. The van der Waals surface area contributed by atoms with E-state index in [0.717, 1.165) is 11.3 Å². The third kappa shape index (κ3) is 6.92. The first-order chi connectivity index (χ1) is 12.9. The molecule has 0 fully saturated rings. The molecule has 0 spiro atoms. The van der Waals surface area contributed by atoms with E-state index in [2.05, 4.69) is 10.6 Å². The minimum absolute atomic E-state index is 0.191. The highest BCUT2D eigenvalue weighted by Crippen LogP contribution is 2.18. The van der Waals surface area contributed by atoms with Gasteiger partial charge >= 0.3 is 6.03 Å². The number of hydrogen-bond acceptors (Lipinski definition) is 4. The van der Waals surface area contributed by atoms with E-state index in [9.17, 15) is 13.2 Å². The first-order valence-corrected chi connectivity index (χ1v) is 10.4. The monoisotopic (exact) mass is 391 g/mol. The lowest BCUT2D eigenvalue weighted by Crippen LogP contribution is -2.40. The molecular weight excluding hydrogens is 366 g/mol. The smallest absolute Gasteiger partial charge is 0.319 e. The SMILES string of the molecule is COc1ccccc1CCN(CCNC(=O)Nc1ccccc1)S(C)(=O)=O. The molecule has 27 heavy (non-hydrogen) atoms. The van der Waals surface area contributed by atoms with Crippen LogP contribution in [0.4, 0.5) is 10.5 Å². The zero-order valence-corrected chi connectivity index (χ0v) is 16.3. The Morgan fingerprint density at radius 1 is 1.04 bits per heavy atom. The molecule has 2 aromatic carbocycles. The molecule has 2 rings (SSSR count). The van der Waals surface area contributed by atoms with Gasteiger partial charge in [0.2, 0.25) is 10.0 Å². The molecule has 0 heterocycles. The molecule has 7 nitrogen and oxygen atoms in total. The molecule has 8 heteroatoms. The van der Waals surface area contributed by atoms with Crippen LogP contribution in [-0.2, 0) is 16.4 Å². The molecule has 0 bridgehead atoms. The number of ether oxygens (including phenoxy) is 1. The first-order valence-electron chi connectivity index (χ1n) is 8.57. The molecule has 0 aromatic heterocycles. The summed E-state index contributed by atoms with van der Waals surface area (Å²) < 4.78 is 30.7. The number of anilines is 1. The summed E-state index contributed by atoms with van der Waals surface area (Å²) in [5.74, 6) is 0.728. The minimum Gasteiger partial charge on any atom is -0.496 e. The molecule has 0 atom stereocenters. The average Bonchev–Trinajstić information content (AvgIpc) is 2.64. The molecule has 0 aliphatic carbocycles. The molecule has 2 N–H and O–H groups in total. The highest BCUT2D eigenvalue weighted by molar-refractivity contribution is 7.88. The Labute approximate surface area is 160 Å². The molecule has 0 unspecified atom stereocenters. The lowest BCUT2D eigenvalue weighted by Gasteiger charge is -2.20. The number of sulfonamides is 1. The maximum atomic E-state index is 12.0. The predicted molar refractivity (Wildman–Crippen MR) is 107 cm³/mol. The van der Waals surface area contributed by atoms with Crippen molar-refractivity contribution in [1.82, 2.24) is 9.62 Å². The van der Waals surface area contributed by atoms with Gasteiger partial charge in [0.25, 0.3) is 0 Å². The second-order valence-electron chi connectivity index (χ2n) is 5.97. The lowest BCUT2D eigenvalue weighted by atomic mass is 10.1. The van der Waals surface area contributed by atoms with Crippen LogP contribution in [-0.4, -0.2) is 51.8 Å². The Morgan fingerprint density at radius 3 is 2.37 bits per heavy atom. The van der Waals surface area contributed by atoms with Crippen LogP contribution in [0.2, 0.25) is 0 Å². The highest BCUT2D eigenvalue weighted by atomic mass is 32.2. The number of methoxy groups -OCH3 is 1. The van der Waals surface area contributed by atoms with Crippen LogP contribution in [0, 0.1) is 0 Å². The molecule has 0 saturated heterocycles. The molecule has 0 radical (unpaired) electrons. The van der Waals surface area contributed by atoms with Gasteiger partial charge in [-0.3, -0.25) is 0 Å². The number of benzene rings is 2. The van der Waals surface area contributed by atoms with Crippen molar-refractivity contribution >= 4 is 21.7 Å². The number of hydrogen-bond donors (Lipinski definition) is 2. The third-order valence-corrected chi connectivity index (χ3v) is 5.27. The van der Waals surface area contributed by atoms with E-state index >= 15 is 0 Å². The number of carbonyl (C=O) groups excluding carboxylic acids is 1. The summed E-state index contributed by atoms with van der Waals surface area (Å²) in [6.07, 6.45) is 1.69. The van der Waals surface area contributed by atoms with Crippen LogP contribution in [0.15, 0.2) is 54.6 Å². The van der Waals surface area contributed by atoms with E-state index in [1.807, 2.05) is 42.5 Å². The van der Waals surface area contributed by atoms with Gasteiger partial charge in [-0.1, -0.05) is 36.4 Å². The normalized spacial score (nSPS) is 11.2. The van der Waals surface area contributed by atoms with Crippen LogP contribution < -0.4 is 15.4 Å². The summed E-state index contributed by atoms with van der Waals surface area (Å²) in [6, 6.07) is 16.2. The van der Waals surface area contributed by atoms with Crippen LogP contribution in [0.3, 0.4) is 0 Å². The van der Waals surface area contributed by atoms with Crippen molar-refractivity contribution in [2.45, 2.75) is 6.42 Å². The topological polar surface area (TPSA) is 87.7 Å². The Morgan fingerprint density at radius 2 is 1.70 bits per heavy atom. The first kappa shape index (κ1) is 20.7. The highest BCUT2D eigenvalue weighted by Gasteiger charge is 2.17. The standard InChI is InChI=1S/C19H25N3O4S/c1-26-18-11-7-6-8-16(18)12-14-22(27(2,24)25)15-13-20-19(23)21-17-9-4-3-5-10-17/h3-11H,12-15H2,1-2H3,(H2,20,21,23). The molecule has 146 valence electrons. The fraction of sp³-hybridized carbons (Fsp3) is 0.316. The van der Waals surface area contributed by atoms with Gasteiger partial charge in [-0.25, -0.2) is 17.5 Å². The van der Waals surface area contributed by atoms with Gasteiger partial charge in [-0.05, 0) is 30.2 Å². The molecule has 0 aliphatic heterocycles. The van der Waals surface area contributed by atoms with Crippen LogP contribution in [0.1, 0.15) is 5.56 Å². The summed E-state index contributed by atoms with van der Waals surface area (Å²) >= 11 is 0. The van der Waals surface area contributed by atoms with Gasteiger partial charge in [-0.2, -0.15) is 0 Å². The van der Waals surface area contributed by atoms with Crippen molar-refractivity contribution in [2.75, 3.05) is 38.3 Å². The number of nitrogens with zero attached hydrogens (tertiary/aromatic N) is 1. The van der Waals surface area contributed by atoms with Gasteiger partial charge in [0.1, 0.15) is 5.75 Å². The van der Waals surface area contributed by atoms with Crippen molar-refractivity contribution in [1.29, 1.82) is 0 Å². The fourth-order valence-electron chi connectivity index (χ4n) is 2.59. The van der Waals surface area contributed by atoms with E-state index in [4.69, 9.17) is 4.74 Å². The van der Waals surface area contributed by atoms with Gasteiger partial charge in [-0.15, -0.1) is 0 Å². The third-order valence-electron chi connectivity index (χ3n) is 3.97. The second kappa shape index (κ2) is 9.94. The number of nitrogens with one attached hydrogen (secondary N) is 2. The summed E-state index contributed by atoms with van der Waals surface area (Å²) in [5.41, 5.74) is 1.61. The van der Waals surface area contributed by atoms with Crippen molar-refractivity contribution in [2.24, 2.45) is 0 Å². The quantitative estimate of drug-likeness (QED) is 0.687. The summed E-state index contributed by atoms with van der Waals surface area (Å²) in [5, 5.41) is 5.37. The van der Waals surface area contributed by atoms with Crippen molar-refractivity contribution < 1.29 is 17.9 Å². The maximum Gasteiger partial charge on any atom is 0.319 e. The molecule has 0 saturated carbocycles. The van der Waals surface area contributed by atoms with E-state index < -0.39 is 10.0 Å². The van der Waals surface area contributed by atoms with Crippen molar-refractivity contribution in [3.05, 3.63) is 60.2 Å². The van der Waals surface area contributed by atoms with E-state index in [1.165, 1.54) is 10.6 Å². The largest absolute Gasteiger partial charge is 0.496 e. The summed E-state index contributed by atoms with van der Waals surface area (Å²) in [4.78, 5) is 11.9. The Kier molecular flexibility index (Phi) is 7.63. The predicted octanol–water partition coefficient (Wildman–Crippen LogP) is 2.32. The maximum absolute atomic E-state index is 12.0. The lowest BCUT2D eigenvalue weighted by molar-refractivity contribution is 0.251. The van der Waals surface area contributed by atoms with Crippen LogP contribution in [0.5, 0.6) is 5.75 Å². The van der Waals surface area contributed by atoms with Crippen molar-refractivity contribution in [3.63, 3.8) is 0 Å². The van der Waals surface area contributed by atoms with Gasteiger partial charge in [0, 0.05) is 25.3 Å². The number of carbonyl (C=O) groups is 1. The van der Waals surface area contributed by atoms with Gasteiger partial charge in [0.15, 0.2) is 0 Å². The van der Waals surface area contributed by atoms with E-state index in [0.29, 0.717) is 18.7 Å². The molecule has 0 aliphatic rings. The average molecular weight is 391 g/mol. The minimum atomic E-state index is -3.39. The van der Waals surface area contributed by atoms with Gasteiger partial charge < -0.3 is 15.4 Å². The Hall–Kier alpha value is -2.58. The zero-order chi connectivity index (χ0) is 19.7. The summed E-state index contributed by atoms with van der Waals surface area (Å²) in [6.45, 7) is 0.703. The number of para-hydroxylation sites is 2. The zero-order valence-electron chi connectivity index (χ0n) is 15.5. The van der Waals surface area contributed by atoms with E-state index in [-0.39, 0.29) is 19.1 Å². The Bertz CT molecular complexity index is 841. The second-order valence-corrected chi connectivity index (χ2v) is 7.95. The molecule has 2 aromatic rings. The molecular formula is C19H25N3O4S. The van der Waals surface area contributed by atoms with E-state index in [1.54, 1.807) is 19.2 Å².